The average Bonchev–Trinajstić information content (AvgIpc) is 3.16. The highest BCUT2D eigenvalue weighted by molar-refractivity contribution is 5.87. The molecule has 1 saturated heterocycles. The predicted molar refractivity (Wildman–Crippen MR) is 101 cm³/mol. The summed E-state index contributed by atoms with van der Waals surface area (Å²) in [5, 5.41) is 5.32. The zero-order chi connectivity index (χ0) is 17.8. The molecule has 0 saturated carbocycles. The van der Waals surface area contributed by atoms with Crippen molar-refractivity contribution in [2.45, 2.75) is 25.8 Å². The molecule has 1 aliphatic rings. The Labute approximate surface area is 151 Å². The minimum absolute atomic E-state index is 0.389. The molecule has 4 aromatic rings. The number of rotatable bonds is 3. The number of fused-ring (bicyclic) bond motifs is 2. The Kier molecular flexibility index (Phi) is 3.25. The maximum absolute atomic E-state index is 4.87. The molecule has 7 nitrogen and oxygen atoms in total. The average molecular weight is 347 g/mol. The molecule has 1 aromatic carbocycles. The third-order valence-corrected chi connectivity index (χ3v) is 5.17. The lowest BCUT2D eigenvalue weighted by molar-refractivity contribution is 0.391. The van der Waals surface area contributed by atoms with E-state index in [0.29, 0.717) is 12.0 Å². The van der Waals surface area contributed by atoms with Crippen LogP contribution in [0.2, 0.25) is 0 Å². The Morgan fingerprint density at radius 2 is 1.92 bits per heavy atom. The molecule has 0 spiro atoms. The van der Waals surface area contributed by atoms with Gasteiger partial charge in [0.25, 0.3) is 0 Å². The van der Waals surface area contributed by atoms with Crippen molar-refractivity contribution in [2.24, 2.45) is 7.05 Å². The molecule has 1 aliphatic heterocycles. The number of hydrogen-bond acceptors (Lipinski definition) is 5. The van der Waals surface area contributed by atoms with Crippen molar-refractivity contribution in [1.29, 1.82) is 0 Å². The quantitative estimate of drug-likeness (QED) is 0.570. The predicted octanol–water partition coefficient (Wildman–Crippen LogP) is 2.90. The number of benzene rings is 1. The van der Waals surface area contributed by atoms with Crippen molar-refractivity contribution >= 4 is 27.9 Å². The molecule has 132 valence electrons. The van der Waals surface area contributed by atoms with Crippen molar-refractivity contribution in [3.05, 3.63) is 42.6 Å². The van der Waals surface area contributed by atoms with E-state index in [-0.39, 0.29) is 0 Å². The molecule has 1 fully saturated rings. The van der Waals surface area contributed by atoms with E-state index in [2.05, 4.69) is 62.6 Å². The highest BCUT2D eigenvalue weighted by Gasteiger charge is 2.33. The lowest BCUT2D eigenvalue weighted by atomic mass is 10.1. The molecule has 4 heterocycles. The van der Waals surface area contributed by atoms with Crippen LogP contribution in [0.25, 0.3) is 22.1 Å². The first kappa shape index (κ1) is 15.3. The molecule has 0 bridgehead atoms. The molecule has 26 heavy (non-hydrogen) atoms. The van der Waals surface area contributed by atoms with Gasteiger partial charge in [0, 0.05) is 26.1 Å². The van der Waals surface area contributed by atoms with Crippen molar-refractivity contribution in [3.63, 3.8) is 0 Å². The van der Waals surface area contributed by atoms with Crippen molar-refractivity contribution in [2.75, 3.05) is 18.0 Å². The van der Waals surface area contributed by atoms with E-state index in [0.717, 1.165) is 41.3 Å². The topological polar surface area (TPSA) is 64.7 Å². The molecule has 0 unspecified atom stereocenters. The maximum atomic E-state index is 4.87. The summed E-state index contributed by atoms with van der Waals surface area (Å²) in [5.41, 5.74) is 3.16. The summed E-state index contributed by atoms with van der Waals surface area (Å²) < 4.78 is 4.20. The lowest BCUT2D eigenvalue weighted by Gasteiger charge is -2.42. The fourth-order valence-electron chi connectivity index (χ4n) is 3.85. The van der Waals surface area contributed by atoms with Crippen LogP contribution < -0.4 is 4.90 Å². The van der Waals surface area contributed by atoms with Gasteiger partial charge in [-0.2, -0.15) is 5.10 Å². The Morgan fingerprint density at radius 1 is 1.12 bits per heavy atom. The van der Waals surface area contributed by atoms with Crippen LogP contribution in [0, 0.1) is 0 Å². The third kappa shape index (κ3) is 2.13. The van der Waals surface area contributed by atoms with Crippen LogP contribution in [-0.4, -0.2) is 42.4 Å². The molecule has 0 amide bonds. The Hall–Kier alpha value is -2.96. The molecule has 7 heteroatoms. The third-order valence-electron chi connectivity index (χ3n) is 5.17. The number of aromatic nitrogens is 6. The first-order chi connectivity index (χ1) is 12.6. The lowest BCUT2D eigenvalue weighted by Crippen LogP contribution is -2.48. The number of nitrogens with zero attached hydrogens (tertiary/aromatic N) is 7. The summed E-state index contributed by atoms with van der Waals surface area (Å²) in [6.07, 6.45) is 3.48. The number of imidazole rings is 1. The highest BCUT2D eigenvalue weighted by Crippen LogP contribution is 2.34. The van der Waals surface area contributed by atoms with Gasteiger partial charge in [-0.1, -0.05) is 26.0 Å². The summed E-state index contributed by atoms with van der Waals surface area (Å²) in [4.78, 5) is 16.0. The smallest absolute Gasteiger partial charge is 0.163 e. The van der Waals surface area contributed by atoms with E-state index in [1.165, 1.54) is 5.52 Å². The molecule has 0 N–H and O–H groups in total. The summed E-state index contributed by atoms with van der Waals surface area (Å²) in [6.45, 7) is 6.25. The van der Waals surface area contributed by atoms with E-state index in [1.807, 2.05) is 13.2 Å². The van der Waals surface area contributed by atoms with Gasteiger partial charge >= 0.3 is 0 Å². The molecular weight excluding hydrogens is 326 g/mol. The first-order valence-electron chi connectivity index (χ1n) is 8.98. The van der Waals surface area contributed by atoms with E-state index in [1.54, 1.807) is 11.0 Å². The van der Waals surface area contributed by atoms with Crippen LogP contribution in [0.5, 0.6) is 0 Å². The molecule has 0 atom stereocenters. The van der Waals surface area contributed by atoms with Crippen LogP contribution in [0.15, 0.2) is 36.8 Å². The largest absolute Gasteiger partial charge is 0.352 e. The molecule has 5 rings (SSSR count). The minimum atomic E-state index is 0.389. The Bertz CT molecular complexity index is 1100. The van der Waals surface area contributed by atoms with Gasteiger partial charge < -0.3 is 9.47 Å². The van der Waals surface area contributed by atoms with E-state index >= 15 is 0 Å². The van der Waals surface area contributed by atoms with Gasteiger partial charge in [0.05, 0.1) is 28.7 Å². The summed E-state index contributed by atoms with van der Waals surface area (Å²) in [6, 6.07) is 8.81. The SMILES string of the molecule is CC(C)c1nc2ccccc2n1C1CN(c2ncnc3c2cnn3C)C1. The second-order valence-electron chi connectivity index (χ2n) is 7.24. The van der Waals surface area contributed by atoms with Gasteiger partial charge in [-0.3, -0.25) is 4.68 Å². The van der Waals surface area contributed by atoms with Crippen LogP contribution >= 0.6 is 0 Å². The number of para-hydroxylation sites is 2. The summed E-state index contributed by atoms with van der Waals surface area (Å²) in [5.74, 6) is 2.51. The van der Waals surface area contributed by atoms with E-state index < -0.39 is 0 Å². The fraction of sp³-hybridized carbons (Fsp3) is 0.368. The number of anilines is 1. The zero-order valence-corrected chi connectivity index (χ0v) is 15.2. The number of hydrogen-bond donors (Lipinski definition) is 0. The van der Waals surface area contributed by atoms with Gasteiger partial charge in [0.15, 0.2) is 5.65 Å². The van der Waals surface area contributed by atoms with Crippen molar-refractivity contribution in [3.8, 4) is 0 Å². The van der Waals surface area contributed by atoms with Gasteiger partial charge in [-0.15, -0.1) is 0 Å². The number of aryl methyl sites for hydroxylation is 1. The van der Waals surface area contributed by atoms with Crippen LogP contribution in [-0.2, 0) is 7.05 Å². The second-order valence-corrected chi connectivity index (χ2v) is 7.24. The second kappa shape index (κ2) is 5.52. The van der Waals surface area contributed by atoms with Gasteiger partial charge in [-0.05, 0) is 12.1 Å². The van der Waals surface area contributed by atoms with Gasteiger partial charge in [0.1, 0.15) is 18.0 Å². The first-order valence-corrected chi connectivity index (χ1v) is 8.98. The molecule has 0 radical (unpaired) electrons. The molecular formula is C19H21N7. The Morgan fingerprint density at radius 3 is 2.73 bits per heavy atom. The van der Waals surface area contributed by atoms with E-state index in [9.17, 15) is 0 Å². The van der Waals surface area contributed by atoms with Crippen LogP contribution in [0.3, 0.4) is 0 Å². The van der Waals surface area contributed by atoms with Crippen molar-refractivity contribution in [1.82, 2.24) is 29.3 Å². The van der Waals surface area contributed by atoms with E-state index in [4.69, 9.17) is 4.98 Å². The van der Waals surface area contributed by atoms with Gasteiger partial charge in [-0.25, -0.2) is 15.0 Å². The highest BCUT2D eigenvalue weighted by atomic mass is 15.3. The fourth-order valence-corrected chi connectivity index (χ4v) is 3.85. The summed E-state index contributed by atoms with van der Waals surface area (Å²) >= 11 is 0. The minimum Gasteiger partial charge on any atom is -0.352 e. The van der Waals surface area contributed by atoms with Crippen molar-refractivity contribution < 1.29 is 0 Å². The Balaban J connectivity index is 1.50. The van der Waals surface area contributed by atoms with Crippen LogP contribution in [0.4, 0.5) is 5.82 Å². The van der Waals surface area contributed by atoms with Crippen LogP contribution in [0.1, 0.15) is 31.6 Å². The maximum Gasteiger partial charge on any atom is 0.163 e. The monoisotopic (exact) mass is 347 g/mol. The molecule has 0 aliphatic carbocycles. The standard InChI is InChI=1S/C19H21N7/c1-12(2)17-23-15-6-4-5-7-16(15)26(17)13-9-25(10-13)19-14-8-22-24(3)18(14)20-11-21-19/h4-8,11-13H,9-10H2,1-3H3. The van der Waals surface area contributed by atoms with Gasteiger partial charge in [0.2, 0.25) is 0 Å². The zero-order valence-electron chi connectivity index (χ0n) is 15.2. The summed E-state index contributed by atoms with van der Waals surface area (Å²) in [7, 11) is 1.91. The molecule has 3 aromatic heterocycles. The normalized spacial score (nSPS) is 15.3.